The average molecular weight is 281 g/mol. The van der Waals surface area contributed by atoms with Gasteiger partial charge in [0.1, 0.15) is 5.82 Å². The molecule has 6 heteroatoms. The minimum Gasteiger partial charge on any atom is -0.355 e. The molecule has 1 saturated heterocycles. The van der Waals surface area contributed by atoms with E-state index in [1.54, 1.807) is 12.1 Å². The number of nitrogens with one attached hydrogen (secondary N) is 2. The molecule has 0 aromatic heterocycles. The summed E-state index contributed by atoms with van der Waals surface area (Å²) in [6.07, 6.45) is 0. The van der Waals surface area contributed by atoms with Crippen molar-refractivity contribution in [3.05, 3.63) is 29.6 Å². The molecule has 0 spiro atoms. The van der Waals surface area contributed by atoms with Gasteiger partial charge in [-0.1, -0.05) is 6.07 Å². The Labute approximate surface area is 117 Å². The molecule has 1 aliphatic rings. The van der Waals surface area contributed by atoms with E-state index in [0.29, 0.717) is 11.7 Å². The van der Waals surface area contributed by atoms with Gasteiger partial charge in [-0.3, -0.25) is 4.90 Å². The van der Waals surface area contributed by atoms with Gasteiger partial charge in [0.15, 0.2) is 5.11 Å². The van der Waals surface area contributed by atoms with Crippen molar-refractivity contribution in [2.45, 2.75) is 26.3 Å². The predicted octanol–water partition coefficient (Wildman–Crippen LogP) is 2.63. The third-order valence-electron chi connectivity index (χ3n) is 2.85. The van der Waals surface area contributed by atoms with Crippen LogP contribution in [0.3, 0.4) is 0 Å². The standard InChI is InChI=1S/C13H16FN3OS/c1-8-4-5-9(14)10(6-8)15-11(18)17-7-13(2,3)16-12(17)19/h4-6H,7H2,1-3H3,(H,15,18)(H,16,19). The third kappa shape index (κ3) is 3.01. The lowest BCUT2D eigenvalue weighted by molar-refractivity contribution is 0.233. The molecule has 1 heterocycles. The molecule has 102 valence electrons. The second-order valence-corrected chi connectivity index (χ2v) is 5.70. The van der Waals surface area contributed by atoms with Crippen LogP contribution in [-0.4, -0.2) is 28.1 Å². The van der Waals surface area contributed by atoms with Gasteiger partial charge in [0, 0.05) is 0 Å². The monoisotopic (exact) mass is 281 g/mol. The van der Waals surface area contributed by atoms with Gasteiger partial charge in [-0.25, -0.2) is 9.18 Å². The first-order valence-electron chi connectivity index (χ1n) is 5.95. The number of benzene rings is 1. The SMILES string of the molecule is Cc1ccc(F)c(NC(=O)N2CC(C)(C)NC2=S)c1. The fourth-order valence-corrected chi connectivity index (χ4v) is 2.37. The Balaban J connectivity index is 2.14. The maximum Gasteiger partial charge on any atom is 0.328 e. The zero-order valence-electron chi connectivity index (χ0n) is 11.1. The zero-order chi connectivity index (χ0) is 14.2. The Morgan fingerprint density at radius 3 is 2.79 bits per heavy atom. The normalized spacial score (nSPS) is 17.3. The molecular formula is C13H16FN3OS. The quantitative estimate of drug-likeness (QED) is 0.778. The molecule has 4 nitrogen and oxygen atoms in total. The summed E-state index contributed by atoms with van der Waals surface area (Å²) in [5.74, 6) is -0.462. The van der Waals surface area contributed by atoms with Gasteiger partial charge < -0.3 is 10.6 Å². The smallest absolute Gasteiger partial charge is 0.328 e. The molecule has 0 atom stereocenters. The number of amides is 2. The van der Waals surface area contributed by atoms with Gasteiger partial charge in [-0.05, 0) is 50.7 Å². The molecule has 0 unspecified atom stereocenters. The van der Waals surface area contributed by atoms with Crippen LogP contribution in [0.15, 0.2) is 18.2 Å². The highest BCUT2D eigenvalue weighted by Gasteiger charge is 2.35. The Bertz CT molecular complexity index is 545. The van der Waals surface area contributed by atoms with E-state index >= 15 is 0 Å². The Morgan fingerprint density at radius 2 is 2.21 bits per heavy atom. The van der Waals surface area contributed by atoms with Gasteiger partial charge in [0.05, 0.1) is 17.8 Å². The maximum absolute atomic E-state index is 13.6. The molecule has 1 aromatic rings. The highest BCUT2D eigenvalue weighted by molar-refractivity contribution is 7.80. The summed E-state index contributed by atoms with van der Waals surface area (Å²) in [5.41, 5.74) is 0.774. The van der Waals surface area contributed by atoms with E-state index in [4.69, 9.17) is 12.2 Å². The number of nitrogens with zero attached hydrogens (tertiary/aromatic N) is 1. The number of urea groups is 1. The molecule has 0 aliphatic carbocycles. The Hall–Kier alpha value is -1.69. The number of aryl methyl sites for hydroxylation is 1. The van der Waals surface area contributed by atoms with Crippen LogP contribution in [0.2, 0.25) is 0 Å². The lowest BCUT2D eigenvalue weighted by Gasteiger charge is -2.18. The van der Waals surface area contributed by atoms with Gasteiger partial charge in [-0.2, -0.15) is 0 Å². The number of halogens is 1. The van der Waals surface area contributed by atoms with Crippen LogP contribution in [0.4, 0.5) is 14.9 Å². The van der Waals surface area contributed by atoms with Crippen molar-refractivity contribution < 1.29 is 9.18 Å². The molecule has 2 amide bonds. The van der Waals surface area contributed by atoms with Gasteiger partial charge in [0.25, 0.3) is 0 Å². The number of thiocarbonyl (C=S) groups is 1. The van der Waals surface area contributed by atoms with Crippen LogP contribution in [0.25, 0.3) is 0 Å². The van der Waals surface area contributed by atoms with Crippen LogP contribution >= 0.6 is 12.2 Å². The van der Waals surface area contributed by atoms with Gasteiger partial charge >= 0.3 is 6.03 Å². The van der Waals surface area contributed by atoms with Crippen LogP contribution in [0, 0.1) is 12.7 Å². The van der Waals surface area contributed by atoms with Crippen LogP contribution in [-0.2, 0) is 0 Å². The van der Waals surface area contributed by atoms with Crippen molar-refractivity contribution in [3.8, 4) is 0 Å². The number of hydrogen-bond donors (Lipinski definition) is 2. The lowest BCUT2D eigenvalue weighted by Crippen LogP contribution is -2.37. The number of carbonyl (C=O) groups excluding carboxylic acids is 1. The molecule has 19 heavy (non-hydrogen) atoms. The largest absolute Gasteiger partial charge is 0.355 e. The summed E-state index contributed by atoms with van der Waals surface area (Å²) in [6, 6.07) is 4.14. The van der Waals surface area contributed by atoms with Crippen molar-refractivity contribution in [1.82, 2.24) is 10.2 Å². The lowest BCUT2D eigenvalue weighted by atomic mass is 10.1. The first-order chi connectivity index (χ1) is 8.78. The Morgan fingerprint density at radius 1 is 1.53 bits per heavy atom. The van der Waals surface area contributed by atoms with Crippen LogP contribution in [0.5, 0.6) is 0 Å². The molecule has 1 aromatic carbocycles. The summed E-state index contributed by atoms with van der Waals surface area (Å²) in [4.78, 5) is 13.5. The van der Waals surface area contributed by atoms with Crippen LogP contribution in [0.1, 0.15) is 19.4 Å². The van der Waals surface area contributed by atoms with Crippen molar-refractivity contribution in [2.75, 3.05) is 11.9 Å². The molecule has 1 fully saturated rings. The van der Waals surface area contributed by atoms with E-state index in [0.717, 1.165) is 5.56 Å². The highest BCUT2D eigenvalue weighted by atomic mass is 32.1. The minimum absolute atomic E-state index is 0.164. The molecule has 2 rings (SSSR count). The second-order valence-electron chi connectivity index (χ2n) is 5.31. The summed E-state index contributed by atoms with van der Waals surface area (Å²) in [7, 11) is 0. The fourth-order valence-electron chi connectivity index (χ4n) is 1.95. The molecule has 0 radical (unpaired) electrons. The maximum atomic E-state index is 13.6. The minimum atomic E-state index is -0.462. The van der Waals surface area contributed by atoms with Gasteiger partial charge in [-0.15, -0.1) is 0 Å². The number of rotatable bonds is 1. The van der Waals surface area contributed by atoms with Crippen molar-refractivity contribution in [1.29, 1.82) is 0 Å². The number of hydrogen-bond acceptors (Lipinski definition) is 2. The first-order valence-corrected chi connectivity index (χ1v) is 6.36. The summed E-state index contributed by atoms with van der Waals surface area (Å²) >= 11 is 5.10. The fraction of sp³-hybridized carbons (Fsp3) is 0.385. The number of carbonyl (C=O) groups is 1. The van der Waals surface area contributed by atoms with E-state index in [9.17, 15) is 9.18 Å². The van der Waals surface area contributed by atoms with Crippen molar-refractivity contribution in [3.63, 3.8) is 0 Å². The van der Waals surface area contributed by atoms with E-state index in [-0.39, 0.29) is 11.2 Å². The van der Waals surface area contributed by atoms with E-state index in [2.05, 4.69) is 10.6 Å². The topological polar surface area (TPSA) is 44.4 Å². The van der Waals surface area contributed by atoms with Gasteiger partial charge in [0.2, 0.25) is 0 Å². The summed E-state index contributed by atoms with van der Waals surface area (Å²) < 4.78 is 13.6. The van der Waals surface area contributed by atoms with E-state index in [1.807, 2.05) is 20.8 Å². The number of anilines is 1. The van der Waals surface area contributed by atoms with Crippen LogP contribution < -0.4 is 10.6 Å². The van der Waals surface area contributed by atoms with Crippen molar-refractivity contribution in [2.24, 2.45) is 0 Å². The molecule has 0 saturated carbocycles. The summed E-state index contributed by atoms with van der Waals surface area (Å²) in [5, 5.41) is 5.94. The van der Waals surface area contributed by atoms with E-state index < -0.39 is 11.8 Å². The van der Waals surface area contributed by atoms with E-state index in [1.165, 1.54) is 11.0 Å². The third-order valence-corrected chi connectivity index (χ3v) is 3.17. The van der Waals surface area contributed by atoms with Crippen molar-refractivity contribution >= 4 is 29.0 Å². The predicted molar refractivity (Wildman–Crippen MR) is 76.7 cm³/mol. The molecule has 1 aliphatic heterocycles. The molecule has 0 bridgehead atoms. The zero-order valence-corrected chi connectivity index (χ0v) is 11.9. The molecular weight excluding hydrogens is 265 g/mol. The second kappa shape index (κ2) is 4.77. The first kappa shape index (κ1) is 13.7. The Kier molecular flexibility index (Phi) is 3.45. The average Bonchev–Trinajstić information content (AvgIpc) is 2.57. The highest BCUT2D eigenvalue weighted by Crippen LogP contribution is 2.19. The molecule has 2 N–H and O–H groups in total. The summed E-state index contributed by atoms with van der Waals surface area (Å²) in [6.45, 7) is 6.17.